The summed E-state index contributed by atoms with van der Waals surface area (Å²) in [7, 11) is 0. The summed E-state index contributed by atoms with van der Waals surface area (Å²) in [5.41, 5.74) is 8.62. The number of anilines is 1. The van der Waals surface area contributed by atoms with Crippen LogP contribution in [0, 0.1) is 0 Å². The largest absolute Gasteiger partial charge is 0.493 e. The number of hydrogen-bond donors (Lipinski definition) is 1. The molecule has 0 atom stereocenters. The van der Waals surface area contributed by atoms with Crippen LogP contribution in [0.4, 0.5) is 5.69 Å². The zero-order chi connectivity index (χ0) is 13.2. The van der Waals surface area contributed by atoms with E-state index in [1.165, 1.54) is 0 Å². The molecule has 2 aromatic rings. The van der Waals surface area contributed by atoms with Crippen molar-refractivity contribution in [2.75, 3.05) is 12.3 Å². The first kappa shape index (κ1) is 11.8. The molecule has 2 N–H and O–H groups in total. The van der Waals surface area contributed by atoms with Gasteiger partial charge in [0, 0.05) is 11.3 Å². The summed E-state index contributed by atoms with van der Waals surface area (Å²) in [6, 6.07) is 12.9. The highest BCUT2D eigenvalue weighted by Gasteiger charge is 2.21. The van der Waals surface area contributed by atoms with Crippen LogP contribution in [-0.4, -0.2) is 12.4 Å². The van der Waals surface area contributed by atoms with Crippen molar-refractivity contribution in [2.45, 2.75) is 12.8 Å². The average molecular weight is 253 g/mol. The maximum absolute atomic E-state index is 12.6. The zero-order valence-corrected chi connectivity index (χ0v) is 10.6. The summed E-state index contributed by atoms with van der Waals surface area (Å²) in [4.78, 5) is 12.6. The Bertz CT molecular complexity index is 634. The monoisotopic (exact) mass is 253 g/mol. The lowest BCUT2D eigenvalue weighted by Crippen LogP contribution is -2.14. The highest BCUT2D eigenvalue weighted by atomic mass is 16.5. The number of carbonyl (C=O) groups is 1. The zero-order valence-electron chi connectivity index (χ0n) is 10.6. The molecule has 0 bridgehead atoms. The molecule has 3 nitrogen and oxygen atoms in total. The molecular formula is C16H15NO2. The standard InChI is InChI=1S/C16H15NO2/c17-14-9-2-1-7-12(14)15(18)13-8-3-5-11-6-4-10-19-16(11)13/h1-3,5,7-9H,4,6,10,17H2. The molecule has 3 rings (SSSR count). The Morgan fingerprint density at radius 3 is 2.68 bits per heavy atom. The molecule has 96 valence electrons. The molecule has 1 aliphatic heterocycles. The van der Waals surface area contributed by atoms with Gasteiger partial charge in [0.25, 0.3) is 0 Å². The third kappa shape index (κ3) is 2.08. The third-order valence-corrected chi connectivity index (χ3v) is 3.38. The van der Waals surface area contributed by atoms with Gasteiger partial charge in [0.1, 0.15) is 5.75 Å². The molecular weight excluding hydrogens is 238 g/mol. The molecule has 2 aromatic carbocycles. The molecule has 1 heterocycles. The molecule has 3 heteroatoms. The van der Waals surface area contributed by atoms with Crippen molar-refractivity contribution >= 4 is 11.5 Å². The summed E-state index contributed by atoms with van der Waals surface area (Å²) in [6.45, 7) is 0.668. The average Bonchev–Trinajstić information content (AvgIpc) is 2.46. The van der Waals surface area contributed by atoms with Crippen LogP contribution < -0.4 is 10.5 Å². The van der Waals surface area contributed by atoms with Gasteiger partial charge in [-0.2, -0.15) is 0 Å². The Morgan fingerprint density at radius 1 is 1.05 bits per heavy atom. The van der Waals surface area contributed by atoms with E-state index in [1.54, 1.807) is 18.2 Å². The van der Waals surface area contributed by atoms with Crippen LogP contribution in [0.2, 0.25) is 0 Å². The SMILES string of the molecule is Nc1ccccc1C(=O)c1cccc2c1OCCC2. The number of para-hydroxylation sites is 2. The van der Waals surface area contributed by atoms with Gasteiger partial charge in [-0.3, -0.25) is 4.79 Å². The normalized spacial score (nSPS) is 13.5. The van der Waals surface area contributed by atoms with Crippen molar-refractivity contribution in [3.63, 3.8) is 0 Å². The van der Waals surface area contributed by atoms with Crippen LogP contribution in [0.25, 0.3) is 0 Å². The van der Waals surface area contributed by atoms with Gasteiger partial charge in [-0.15, -0.1) is 0 Å². The molecule has 0 aliphatic carbocycles. The van der Waals surface area contributed by atoms with Crippen molar-refractivity contribution in [1.29, 1.82) is 0 Å². The Morgan fingerprint density at radius 2 is 1.84 bits per heavy atom. The van der Waals surface area contributed by atoms with Crippen LogP contribution in [0.5, 0.6) is 5.75 Å². The Kier molecular flexibility index (Phi) is 2.95. The van der Waals surface area contributed by atoms with Crippen LogP contribution in [0.15, 0.2) is 42.5 Å². The fourth-order valence-electron chi connectivity index (χ4n) is 2.42. The fourth-order valence-corrected chi connectivity index (χ4v) is 2.42. The lowest BCUT2D eigenvalue weighted by atomic mass is 9.96. The van der Waals surface area contributed by atoms with E-state index in [9.17, 15) is 4.79 Å². The van der Waals surface area contributed by atoms with E-state index < -0.39 is 0 Å². The van der Waals surface area contributed by atoms with Crippen molar-refractivity contribution in [2.24, 2.45) is 0 Å². The highest BCUT2D eigenvalue weighted by molar-refractivity contribution is 6.13. The second-order valence-electron chi connectivity index (χ2n) is 4.66. The van der Waals surface area contributed by atoms with Crippen molar-refractivity contribution < 1.29 is 9.53 Å². The minimum absolute atomic E-state index is 0.0724. The van der Waals surface area contributed by atoms with Gasteiger partial charge in [-0.05, 0) is 36.6 Å². The summed E-state index contributed by atoms with van der Waals surface area (Å²) >= 11 is 0. The first-order valence-electron chi connectivity index (χ1n) is 6.41. The number of nitrogen functional groups attached to an aromatic ring is 1. The van der Waals surface area contributed by atoms with E-state index >= 15 is 0 Å². The van der Waals surface area contributed by atoms with Crippen molar-refractivity contribution in [3.8, 4) is 5.75 Å². The Hall–Kier alpha value is -2.29. The summed E-state index contributed by atoms with van der Waals surface area (Å²) in [5.74, 6) is 0.652. The minimum atomic E-state index is -0.0724. The number of benzene rings is 2. The van der Waals surface area contributed by atoms with E-state index in [0.29, 0.717) is 23.4 Å². The second-order valence-corrected chi connectivity index (χ2v) is 4.66. The number of carbonyl (C=O) groups excluding carboxylic acids is 1. The van der Waals surface area contributed by atoms with E-state index in [1.807, 2.05) is 24.3 Å². The molecule has 0 aromatic heterocycles. The van der Waals surface area contributed by atoms with Gasteiger partial charge < -0.3 is 10.5 Å². The van der Waals surface area contributed by atoms with Gasteiger partial charge in [0.2, 0.25) is 0 Å². The second kappa shape index (κ2) is 4.76. The van der Waals surface area contributed by atoms with Gasteiger partial charge in [0.05, 0.1) is 12.2 Å². The van der Waals surface area contributed by atoms with Crippen molar-refractivity contribution in [1.82, 2.24) is 0 Å². The van der Waals surface area contributed by atoms with Gasteiger partial charge >= 0.3 is 0 Å². The number of hydrogen-bond acceptors (Lipinski definition) is 3. The van der Waals surface area contributed by atoms with E-state index in [-0.39, 0.29) is 5.78 Å². The van der Waals surface area contributed by atoms with Crippen LogP contribution in [0.1, 0.15) is 27.9 Å². The van der Waals surface area contributed by atoms with Gasteiger partial charge in [-0.1, -0.05) is 24.3 Å². The first-order valence-corrected chi connectivity index (χ1v) is 6.41. The molecule has 1 aliphatic rings. The van der Waals surface area contributed by atoms with Gasteiger partial charge in [-0.25, -0.2) is 0 Å². The molecule has 0 fully saturated rings. The lowest BCUT2D eigenvalue weighted by molar-refractivity contribution is 0.103. The lowest BCUT2D eigenvalue weighted by Gasteiger charge is -2.20. The fraction of sp³-hybridized carbons (Fsp3) is 0.188. The molecule has 0 saturated carbocycles. The number of nitrogens with two attached hydrogens (primary N) is 1. The number of rotatable bonds is 2. The molecule has 0 amide bonds. The number of fused-ring (bicyclic) bond motifs is 1. The molecule has 0 unspecified atom stereocenters. The Labute approximate surface area is 112 Å². The summed E-state index contributed by atoms with van der Waals surface area (Å²) in [5, 5.41) is 0. The quantitative estimate of drug-likeness (QED) is 0.661. The Balaban J connectivity index is 2.08. The van der Waals surface area contributed by atoms with Crippen molar-refractivity contribution in [3.05, 3.63) is 59.2 Å². The minimum Gasteiger partial charge on any atom is -0.493 e. The third-order valence-electron chi connectivity index (χ3n) is 3.38. The van der Waals surface area contributed by atoms with Crippen LogP contribution in [0.3, 0.4) is 0 Å². The highest BCUT2D eigenvalue weighted by Crippen LogP contribution is 2.31. The number of ketones is 1. The summed E-state index contributed by atoms with van der Waals surface area (Å²) < 4.78 is 5.68. The first-order chi connectivity index (χ1) is 9.27. The van der Waals surface area contributed by atoms with E-state index in [4.69, 9.17) is 10.5 Å². The predicted molar refractivity (Wildman–Crippen MR) is 74.5 cm³/mol. The van der Waals surface area contributed by atoms with E-state index in [0.717, 1.165) is 24.2 Å². The maximum Gasteiger partial charge on any atom is 0.198 e. The molecule has 19 heavy (non-hydrogen) atoms. The predicted octanol–water partition coefficient (Wildman–Crippen LogP) is 2.82. The van der Waals surface area contributed by atoms with Crippen LogP contribution >= 0.6 is 0 Å². The maximum atomic E-state index is 12.6. The smallest absolute Gasteiger partial charge is 0.198 e. The number of aryl methyl sites for hydroxylation is 1. The molecule has 0 saturated heterocycles. The van der Waals surface area contributed by atoms with Gasteiger partial charge in [0.15, 0.2) is 5.78 Å². The van der Waals surface area contributed by atoms with Crippen LogP contribution in [-0.2, 0) is 6.42 Å². The molecule has 0 radical (unpaired) electrons. The topological polar surface area (TPSA) is 52.3 Å². The van der Waals surface area contributed by atoms with E-state index in [2.05, 4.69) is 0 Å². The molecule has 0 spiro atoms. The summed E-state index contributed by atoms with van der Waals surface area (Å²) in [6.07, 6.45) is 1.96. The number of ether oxygens (including phenoxy) is 1.